The van der Waals surface area contributed by atoms with Gasteiger partial charge in [0.15, 0.2) is 5.78 Å². The van der Waals surface area contributed by atoms with Crippen molar-refractivity contribution in [3.63, 3.8) is 0 Å². The van der Waals surface area contributed by atoms with Crippen molar-refractivity contribution in [3.8, 4) is 0 Å². The van der Waals surface area contributed by atoms with Crippen LogP contribution >= 0.6 is 15.9 Å². The van der Waals surface area contributed by atoms with Crippen LogP contribution in [-0.4, -0.2) is 23.9 Å². The number of Topliss-reactive ketones (excluding diaryl/α,β-unsaturated/α-hetero) is 1. The van der Waals surface area contributed by atoms with E-state index in [0.717, 1.165) is 59.5 Å². The highest BCUT2D eigenvalue weighted by atomic mass is 79.9. The summed E-state index contributed by atoms with van der Waals surface area (Å²) in [5.74, 6) is 0.800. The second-order valence-electron chi connectivity index (χ2n) is 7.00. The van der Waals surface area contributed by atoms with Gasteiger partial charge in [0.05, 0.1) is 27.1 Å². The van der Waals surface area contributed by atoms with Gasteiger partial charge in [-0.25, -0.2) is 0 Å². The smallest absolute Gasteiger partial charge is 0.163 e. The molecule has 1 aliphatic rings. The Balaban J connectivity index is 1.78. The van der Waals surface area contributed by atoms with E-state index in [0.29, 0.717) is 5.92 Å². The van der Waals surface area contributed by atoms with Gasteiger partial charge in [-0.1, -0.05) is 30.3 Å². The molecule has 0 aliphatic carbocycles. The maximum Gasteiger partial charge on any atom is 0.163 e. The van der Waals surface area contributed by atoms with Crippen molar-refractivity contribution in [1.29, 1.82) is 0 Å². The number of rotatable bonds is 4. The SMILES string of the molecule is CC(=O)c1c(C)nc(C)c(Br)c1N1CCC(Cc2ccccc2)CC1. The molecule has 0 atom stereocenters. The Hall–Kier alpha value is -1.68. The van der Waals surface area contributed by atoms with Crippen molar-refractivity contribution in [3.05, 3.63) is 57.3 Å². The highest BCUT2D eigenvalue weighted by Gasteiger charge is 2.26. The van der Waals surface area contributed by atoms with E-state index in [4.69, 9.17) is 0 Å². The maximum absolute atomic E-state index is 12.2. The third kappa shape index (κ3) is 3.95. The molecule has 1 aliphatic heterocycles. The largest absolute Gasteiger partial charge is 0.370 e. The van der Waals surface area contributed by atoms with Crippen LogP contribution in [0.25, 0.3) is 0 Å². The van der Waals surface area contributed by atoms with E-state index in [1.807, 2.05) is 13.8 Å². The van der Waals surface area contributed by atoms with Crippen LogP contribution in [0.5, 0.6) is 0 Å². The quantitative estimate of drug-likeness (QED) is 0.667. The summed E-state index contributed by atoms with van der Waals surface area (Å²) in [6.45, 7) is 7.53. The average molecular weight is 401 g/mol. The summed E-state index contributed by atoms with van der Waals surface area (Å²) in [4.78, 5) is 19.1. The molecule has 3 rings (SSSR count). The Morgan fingerprint density at radius 3 is 2.40 bits per heavy atom. The van der Waals surface area contributed by atoms with E-state index in [1.54, 1.807) is 6.92 Å². The molecule has 0 radical (unpaired) electrons. The van der Waals surface area contributed by atoms with Gasteiger partial charge in [-0.15, -0.1) is 0 Å². The van der Waals surface area contributed by atoms with Gasteiger partial charge >= 0.3 is 0 Å². The number of benzene rings is 1. The number of ketones is 1. The Kier molecular flexibility index (Phi) is 5.57. The number of aryl methyl sites for hydroxylation is 2. The van der Waals surface area contributed by atoms with E-state index in [9.17, 15) is 4.79 Å². The maximum atomic E-state index is 12.2. The lowest BCUT2D eigenvalue weighted by atomic mass is 9.89. The molecule has 2 heterocycles. The summed E-state index contributed by atoms with van der Waals surface area (Å²) in [5.41, 5.74) is 5.00. The van der Waals surface area contributed by atoms with E-state index in [-0.39, 0.29) is 5.78 Å². The lowest BCUT2D eigenvalue weighted by Gasteiger charge is -2.35. The van der Waals surface area contributed by atoms with Crippen molar-refractivity contribution < 1.29 is 4.79 Å². The number of piperidine rings is 1. The minimum absolute atomic E-state index is 0.0899. The highest BCUT2D eigenvalue weighted by Crippen LogP contribution is 2.36. The second-order valence-corrected chi connectivity index (χ2v) is 7.79. The third-order valence-corrected chi connectivity index (χ3v) is 6.06. The lowest BCUT2D eigenvalue weighted by molar-refractivity contribution is 0.101. The van der Waals surface area contributed by atoms with Crippen LogP contribution in [0.4, 0.5) is 5.69 Å². The Morgan fingerprint density at radius 1 is 1.16 bits per heavy atom. The molecule has 2 aromatic rings. The molecular weight excluding hydrogens is 376 g/mol. The molecule has 1 fully saturated rings. The normalized spacial score (nSPS) is 15.4. The molecule has 0 amide bonds. The predicted octanol–water partition coefficient (Wildman–Crippen LogP) is 5.12. The first kappa shape index (κ1) is 18.1. The number of nitrogens with zero attached hydrogens (tertiary/aromatic N) is 2. The molecule has 0 spiro atoms. The first-order chi connectivity index (χ1) is 12.0. The van der Waals surface area contributed by atoms with E-state index < -0.39 is 0 Å². The lowest BCUT2D eigenvalue weighted by Crippen LogP contribution is -2.36. The number of carbonyl (C=O) groups excluding carboxylic acids is 1. The fourth-order valence-electron chi connectivity index (χ4n) is 3.84. The number of pyridine rings is 1. The van der Waals surface area contributed by atoms with Crippen molar-refractivity contribution in [2.45, 2.75) is 40.0 Å². The fourth-order valence-corrected chi connectivity index (χ4v) is 4.37. The molecule has 132 valence electrons. The average Bonchev–Trinajstić information content (AvgIpc) is 2.59. The van der Waals surface area contributed by atoms with Gasteiger partial charge < -0.3 is 4.90 Å². The molecule has 25 heavy (non-hydrogen) atoms. The number of hydrogen-bond acceptors (Lipinski definition) is 3. The Bertz CT molecular complexity index is 765. The molecule has 0 saturated carbocycles. The molecule has 1 saturated heterocycles. The van der Waals surface area contributed by atoms with Crippen LogP contribution in [0.15, 0.2) is 34.8 Å². The van der Waals surface area contributed by atoms with Crippen molar-refractivity contribution in [2.24, 2.45) is 5.92 Å². The van der Waals surface area contributed by atoms with E-state index >= 15 is 0 Å². The zero-order valence-corrected chi connectivity index (χ0v) is 16.8. The fraction of sp³-hybridized carbons (Fsp3) is 0.429. The Labute approximate surface area is 158 Å². The molecular formula is C21H25BrN2O. The molecule has 0 bridgehead atoms. The van der Waals surface area contributed by atoms with Crippen LogP contribution in [-0.2, 0) is 6.42 Å². The number of anilines is 1. The van der Waals surface area contributed by atoms with Gasteiger partial charge in [0, 0.05) is 13.1 Å². The molecule has 1 aromatic carbocycles. The van der Waals surface area contributed by atoms with E-state index in [1.165, 1.54) is 5.56 Å². The standard InChI is InChI=1S/C21H25BrN2O/c1-14-19(16(3)25)21(20(22)15(2)23-14)24-11-9-18(10-12-24)13-17-7-5-4-6-8-17/h4-8,18H,9-13H2,1-3H3. The minimum atomic E-state index is 0.0899. The molecule has 1 aromatic heterocycles. The molecule has 3 nitrogen and oxygen atoms in total. The van der Waals surface area contributed by atoms with Gasteiger partial charge in [-0.3, -0.25) is 9.78 Å². The van der Waals surface area contributed by atoms with E-state index in [2.05, 4.69) is 56.1 Å². The topological polar surface area (TPSA) is 33.2 Å². The third-order valence-electron chi connectivity index (χ3n) is 5.11. The van der Waals surface area contributed by atoms with Crippen LogP contribution < -0.4 is 4.90 Å². The zero-order valence-electron chi connectivity index (χ0n) is 15.2. The van der Waals surface area contributed by atoms with Crippen LogP contribution in [0.1, 0.15) is 47.1 Å². The van der Waals surface area contributed by atoms with Gasteiger partial charge in [0.1, 0.15) is 0 Å². The van der Waals surface area contributed by atoms with Crippen LogP contribution in [0.3, 0.4) is 0 Å². The molecule has 0 N–H and O–H groups in total. The Morgan fingerprint density at radius 2 is 1.80 bits per heavy atom. The van der Waals surface area contributed by atoms with Crippen LogP contribution in [0, 0.1) is 19.8 Å². The summed E-state index contributed by atoms with van der Waals surface area (Å²) in [5, 5.41) is 0. The van der Waals surface area contributed by atoms with Crippen molar-refractivity contribution in [2.75, 3.05) is 18.0 Å². The summed E-state index contributed by atoms with van der Waals surface area (Å²) >= 11 is 3.68. The van der Waals surface area contributed by atoms with Crippen molar-refractivity contribution >= 4 is 27.4 Å². The van der Waals surface area contributed by atoms with Gasteiger partial charge in [-0.2, -0.15) is 0 Å². The molecule has 0 unspecified atom stereocenters. The summed E-state index contributed by atoms with van der Waals surface area (Å²) in [7, 11) is 0. The zero-order chi connectivity index (χ0) is 18.0. The first-order valence-electron chi connectivity index (χ1n) is 8.94. The number of halogens is 1. The van der Waals surface area contributed by atoms with Gasteiger partial charge in [0.2, 0.25) is 0 Å². The summed E-state index contributed by atoms with van der Waals surface area (Å²) in [6.07, 6.45) is 3.45. The monoisotopic (exact) mass is 400 g/mol. The van der Waals surface area contributed by atoms with Gasteiger partial charge in [-0.05, 0) is 67.4 Å². The summed E-state index contributed by atoms with van der Waals surface area (Å²) in [6, 6.07) is 10.7. The second kappa shape index (κ2) is 7.69. The first-order valence-corrected chi connectivity index (χ1v) is 9.73. The summed E-state index contributed by atoms with van der Waals surface area (Å²) < 4.78 is 0.963. The van der Waals surface area contributed by atoms with Crippen LogP contribution in [0.2, 0.25) is 0 Å². The minimum Gasteiger partial charge on any atom is -0.370 e. The van der Waals surface area contributed by atoms with Gasteiger partial charge in [0.25, 0.3) is 0 Å². The highest BCUT2D eigenvalue weighted by molar-refractivity contribution is 9.10. The number of carbonyl (C=O) groups is 1. The van der Waals surface area contributed by atoms with Crippen molar-refractivity contribution in [1.82, 2.24) is 4.98 Å². The predicted molar refractivity (Wildman–Crippen MR) is 106 cm³/mol. The molecule has 4 heteroatoms. The number of hydrogen-bond donors (Lipinski definition) is 0. The number of aromatic nitrogens is 1.